The van der Waals surface area contributed by atoms with Crippen molar-refractivity contribution in [3.8, 4) is 0 Å². The van der Waals surface area contributed by atoms with Crippen LogP contribution in [0.3, 0.4) is 0 Å². The van der Waals surface area contributed by atoms with Gasteiger partial charge in [-0.1, -0.05) is 0 Å². The van der Waals surface area contributed by atoms with Crippen molar-refractivity contribution in [3.63, 3.8) is 0 Å². The summed E-state index contributed by atoms with van der Waals surface area (Å²) in [6, 6.07) is 2.56. The highest BCUT2D eigenvalue weighted by Gasteiger charge is 2.21. The van der Waals surface area contributed by atoms with Crippen LogP contribution in [0.15, 0.2) is 12.3 Å². The summed E-state index contributed by atoms with van der Waals surface area (Å²) in [6.45, 7) is 6.87. The largest absolute Gasteiger partial charge is 0.304 e. The molecule has 2 heterocycles. The normalized spacial score (nSPS) is 21.8. The van der Waals surface area contributed by atoms with E-state index in [1.54, 1.807) is 0 Å². The van der Waals surface area contributed by atoms with Crippen molar-refractivity contribution in [1.82, 2.24) is 19.6 Å². The molecule has 4 heteroatoms. The number of rotatable bonds is 2. The fourth-order valence-corrected chi connectivity index (χ4v) is 2.05. The Kier molecular flexibility index (Phi) is 3.07. The topological polar surface area (TPSA) is 24.3 Å². The van der Waals surface area contributed by atoms with Gasteiger partial charge in [-0.3, -0.25) is 9.58 Å². The molecule has 1 atom stereocenters. The van der Waals surface area contributed by atoms with Gasteiger partial charge in [-0.15, -0.1) is 0 Å². The molecule has 1 fully saturated rings. The van der Waals surface area contributed by atoms with Crippen LogP contribution in [0.25, 0.3) is 0 Å². The van der Waals surface area contributed by atoms with Gasteiger partial charge in [0, 0.05) is 39.4 Å². The van der Waals surface area contributed by atoms with Gasteiger partial charge >= 0.3 is 0 Å². The molecule has 0 spiro atoms. The minimum absolute atomic E-state index is 0.444. The van der Waals surface area contributed by atoms with E-state index in [-0.39, 0.29) is 0 Å². The van der Waals surface area contributed by atoms with Gasteiger partial charge in [-0.2, -0.15) is 5.10 Å². The zero-order valence-electron chi connectivity index (χ0n) is 9.85. The number of aromatic nitrogens is 2. The summed E-state index contributed by atoms with van der Waals surface area (Å²) in [5.41, 5.74) is 1.18. The van der Waals surface area contributed by atoms with E-state index in [4.69, 9.17) is 0 Å². The molecule has 1 aliphatic rings. The van der Waals surface area contributed by atoms with Gasteiger partial charge in [0.05, 0.1) is 11.7 Å². The summed E-state index contributed by atoms with van der Waals surface area (Å²) in [7, 11) is 4.16. The van der Waals surface area contributed by atoms with Crippen LogP contribution in [-0.4, -0.2) is 52.8 Å². The average molecular weight is 208 g/mol. The van der Waals surface area contributed by atoms with Crippen LogP contribution >= 0.6 is 0 Å². The van der Waals surface area contributed by atoms with Crippen LogP contribution in [0.4, 0.5) is 0 Å². The lowest BCUT2D eigenvalue weighted by molar-refractivity contribution is 0.117. The average Bonchev–Trinajstić information content (AvgIpc) is 2.65. The molecule has 84 valence electrons. The molecule has 1 aromatic rings. The SMILES string of the molecule is CC(c1ccn(C)n1)N1CCN(C)CC1. The minimum atomic E-state index is 0.444. The minimum Gasteiger partial charge on any atom is -0.304 e. The smallest absolute Gasteiger partial charge is 0.0793 e. The Bertz CT molecular complexity index is 312. The lowest BCUT2D eigenvalue weighted by atomic mass is 10.2. The van der Waals surface area contributed by atoms with E-state index in [0.717, 1.165) is 26.2 Å². The van der Waals surface area contributed by atoms with Gasteiger partial charge in [-0.25, -0.2) is 0 Å². The maximum Gasteiger partial charge on any atom is 0.0793 e. The molecule has 1 aromatic heterocycles. The molecule has 0 amide bonds. The monoisotopic (exact) mass is 208 g/mol. The second-order valence-corrected chi connectivity index (χ2v) is 4.43. The van der Waals surface area contributed by atoms with E-state index < -0.39 is 0 Å². The van der Waals surface area contributed by atoms with Crippen molar-refractivity contribution in [3.05, 3.63) is 18.0 Å². The maximum absolute atomic E-state index is 4.47. The highest BCUT2D eigenvalue weighted by Crippen LogP contribution is 2.19. The summed E-state index contributed by atoms with van der Waals surface area (Å²) >= 11 is 0. The van der Waals surface area contributed by atoms with Crippen molar-refractivity contribution in [2.45, 2.75) is 13.0 Å². The van der Waals surface area contributed by atoms with Crippen molar-refractivity contribution in [2.75, 3.05) is 33.2 Å². The van der Waals surface area contributed by atoms with Crippen LogP contribution in [0.2, 0.25) is 0 Å². The summed E-state index contributed by atoms with van der Waals surface area (Å²) in [5.74, 6) is 0. The third-order valence-corrected chi connectivity index (χ3v) is 3.25. The quantitative estimate of drug-likeness (QED) is 0.716. The van der Waals surface area contributed by atoms with Gasteiger partial charge in [0.2, 0.25) is 0 Å². The Hall–Kier alpha value is -0.870. The van der Waals surface area contributed by atoms with Crippen LogP contribution in [-0.2, 0) is 7.05 Å². The van der Waals surface area contributed by atoms with Crippen molar-refractivity contribution in [2.24, 2.45) is 7.05 Å². The Morgan fingerprint density at radius 1 is 1.20 bits per heavy atom. The second-order valence-electron chi connectivity index (χ2n) is 4.43. The molecular formula is C11H20N4. The van der Waals surface area contributed by atoms with E-state index in [9.17, 15) is 0 Å². The van der Waals surface area contributed by atoms with E-state index in [2.05, 4.69) is 34.9 Å². The van der Waals surface area contributed by atoms with Crippen molar-refractivity contribution in [1.29, 1.82) is 0 Å². The first-order valence-electron chi connectivity index (χ1n) is 5.59. The number of nitrogens with zero attached hydrogens (tertiary/aromatic N) is 4. The Labute approximate surface area is 91.5 Å². The molecule has 0 saturated carbocycles. The molecule has 0 aliphatic carbocycles. The molecular weight excluding hydrogens is 188 g/mol. The third kappa shape index (κ3) is 2.38. The molecule has 1 saturated heterocycles. The van der Waals surface area contributed by atoms with Crippen LogP contribution in [0.5, 0.6) is 0 Å². The molecule has 15 heavy (non-hydrogen) atoms. The lowest BCUT2D eigenvalue weighted by Crippen LogP contribution is -2.45. The fourth-order valence-electron chi connectivity index (χ4n) is 2.05. The van der Waals surface area contributed by atoms with Crippen LogP contribution < -0.4 is 0 Å². The van der Waals surface area contributed by atoms with Gasteiger partial charge in [0.15, 0.2) is 0 Å². The van der Waals surface area contributed by atoms with E-state index in [1.165, 1.54) is 5.69 Å². The zero-order chi connectivity index (χ0) is 10.8. The van der Waals surface area contributed by atoms with Crippen molar-refractivity contribution < 1.29 is 0 Å². The number of aryl methyl sites for hydroxylation is 1. The summed E-state index contributed by atoms with van der Waals surface area (Å²) in [6.07, 6.45) is 2.02. The van der Waals surface area contributed by atoms with Crippen molar-refractivity contribution >= 4 is 0 Å². The standard InChI is InChI=1S/C11H20N4/c1-10(11-4-5-14(3)12-11)15-8-6-13(2)7-9-15/h4-5,10H,6-9H2,1-3H3. The maximum atomic E-state index is 4.47. The fraction of sp³-hybridized carbons (Fsp3) is 0.727. The van der Waals surface area contributed by atoms with E-state index >= 15 is 0 Å². The molecule has 1 unspecified atom stereocenters. The summed E-state index contributed by atoms with van der Waals surface area (Å²) in [4.78, 5) is 4.88. The summed E-state index contributed by atoms with van der Waals surface area (Å²) < 4.78 is 1.88. The number of piperazine rings is 1. The molecule has 0 N–H and O–H groups in total. The third-order valence-electron chi connectivity index (χ3n) is 3.25. The predicted molar refractivity (Wildman–Crippen MR) is 60.7 cm³/mol. The second kappa shape index (κ2) is 4.33. The highest BCUT2D eigenvalue weighted by atomic mass is 15.3. The van der Waals surface area contributed by atoms with Gasteiger partial charge < -0.3 is 4.90 Å². The zero-order valence-corrected chi connectivity index (χ0v) is 9.85. The predicted octanol–water partition coefficient (Wildman–Crippen LogP) is 0.728. The Morgan fingerprint density at radius 3 is 2.40 bits per heavy atom. The molecule has 1 aliphatic heterocycles. The first-order valence-corrected chi connectivity index (χ1v) is 5.59. The van der Waals surface area contributed by atoms with E-state index in [0.29, 0.717) is 6.04 Å². The lowest BCUT2D eigenvalue weighted by Gasteiger charge is -2.35. The molecule has 4 nitrogen and oxygen atoms in total. The molecule has 0 radical (unpaired) electrons. The molecule has 2 rings (SSSR count). The highest BCUT2D eigenvalue weighted by molar-refractivity contribution is 5.04. The first-order chi connectivity index (χ1) is 7.16. The van der Waals surface area contributed by atoms with Gasteiger partial charge in [0.1, 0.15) is 0 Å². The molecule has 0 aromatic carbocycles. The van der Waals surface area contributed by atoms with Gasteiger partial charge in [0.25, 0.3) is 0 Å². The van der Waals surface area contributed by atoms with E-state index in [1.807, 2.05) is 17.9 Å². The van der Waals surface area contributed by atoms with Crippen LogP contribution in [0.1, 0.15) is 18.7 Å². The number of likely N-dealkylation sites (N-methyl/N-ethyl adjacent to an activating group) is 1. The van der Waals surface area contributed by atoms with Crippen LogP contribution in [0, 0.1) is 0 Å². The molecule has 0 bridgehead atoms. The Balaban J connectivity index is 1.99. The van der Waals surface area contributed by atoms with Gasteiger partial charge in [-0.05, 0) is 20.0 Å². The summed E-state index contributed by atoms with van der Waals surface area (Å²) in [5, 5.41) is 4.47. The number of hydrogen-bond donors (Lipinski definition) is 0. The Morgan fingerprint density at radius 2 is 1.87 bits per heavy atom. The first kappa shape index (κ1) is 10.6. The number of hydrogen-bond acceptors (Lipinski definition) is 3.